The summed E-state index contributed by atoms with van der Waals surface area (Å²) in [5.41, 5.74) is 1.34. The topological polar surface area (TPSA) is 4.44 Å². The van der Waals surface area contributed by atoms with Gasteiger partial charge in [-0.3, -0.25) is 0 Å². The van der Waals surface area contributed by atoms with Gasteiger partial charge in [-0.25, -0.2) is 0 Å². The average molecular weight is 260 g/mol. The van der Waals surface area contributed by atoms with Crippen molar-refractivity contribution in [3.63, 3.8) is 0 Å². The largest absolute Gasteiger partial charge is 1.00 e. The molecule has 1 nitrogen and oxygen atoms in total. The van der Waals surface area contributed by atoms with Gasteiger partial charge in [-0.15, -0.1) is 11.8 Å². The second kappa shape index (κ2) is 8.91. The van der Waals surface area contributed by atoms with E-state index in [1.807, 2.05) is 11.8 Å². The van der Waals surface area contributed by atoms with Crippen LogP contribution in [0.2, 0.25) is 0 Å². The first-order valence-electron chi connectivity index (χ1n) is 5.79. The van der Waals surface area contributed by atoms with E-state index in [0.717, 1.165) is 0 Å². The second-order valence-electron chi connectivity index (χ2n) is 3.87. The Morgan fingerprint density at radius 2 is 1.62 bits per heavy atom. The van der Waals surface area contributed by atoms with Crippen molar-refractivity contribution < 1.29 is 17.3 Å². The molecular formula is C13H22ClNS. The summed E-state index contributed by atoms with van der Waals surface area (Å²) < 4.78 is 0. The average Bonchev–Trinajstić information content (AvgIpc) is 2.27. The SMILES string of the molecule is CC[NH+](CC)CCSc1ccc(C)cc1.[Cl-]. The van der Waals surface area contributed by atoms with Crippen molar-refractivity contribution in [3.05, 3.63) is 29.8 Å². The van der Waals surface area contributed by atoms with Crippen LogP contribution in [0.3, 0.4) is 0 Å². The predicted octanol–water partition coefficient (Wildman–Crippen LogP) is -0.984. The van der Waals surface area contributed by atoms with Gasteiger partial charge in [-0.2, -0.15) is 0 Å². The van der Waals surface area contributed by atoms with Gasteiger partial charge in [0.2, 0.25) is 0 Å². The maximum absolute atomic E-state index is 2.26. The molecule has 0 fully saturated rings. The highest BCUT2D eigenvalue weighted by Crippen LogP contribution is 2.16. The summed E-state index contributed by atoms with van der Waals surface area (Å²) in [6, 6.07) is 8.81. The summed E-state index contributed by atoms with van der Waals surface area (Å²) in [7, 11) is 0. The number of halogens is 1. The Morgan fingerprint density at radius 3 is 2.12 bits per heavy atom. The van der Waals surface area contributed by atoms with Crippen LogP contribution in [0.1, 0.15) is 19.4 Å². The van der Waals surface area contributed by atoms with Crippen molar-refractivity contribution in [1.82, 2.24) is 0 Å². The van der Waals surface area contributed by atoms with Crippen LogP contribution in [0.15, 0.2) is 29.2 Å². The Labute approximate surface area is 110 Å². The first kappa shape index (κ1) is 15.8. The van der Waals surface area contributed by atoms with Gasteiger partial charge < -0.3 is 17.3 Å². The molecule has 3 heteroatoms. The molecule has 0 aromatic heterocycles. The highest BCUT2D eigenvalue weighted by Gasteiger charge is 2.02. The molecule has 1 aromatic rings. The molecule has 0 aliphatic rings. The molecule has 1 aromatic carbocycles. The Balaban J connectivity index is 0.00000225. The van der Waals surface area contributed by atoms with Crippen LogP contribution in [-0.2, 0) is 0 Å². The van der Waals surface area contributed by atoms with E-state index >= 15 is 0 Å². The second-order valence-corrected chi connectivity index (χ2v) is 5.04. The summed E-state index contributed by atoms with van der Waals surface area (Å²) in [5, 5.41) is 0. The van der Waals surface area contributed by atoms with Gasteiger partial charge >= 0.3 is 0 Å². The zero-order chi connectivity index (χ0) is 11.1. The molecule has 0 unspecified atom stereocenters. The molecule has 0 spiro atoms. The van der Waals surface area contributed by atoms with Gasteiger partial charge in [0.1, 0.15) is 0 Å². The van der Waals surface area contributed by atoms with E-state index in [-0.39, 0.29) is 12.4 Å². The summed E-state index contributed by atoms with van der Waals surface area (Å²) in [6.07, 6.45) is 0. The molecule has 1 N–H and O–H groups in total. The lowest BCUT2D eigenvalue weighted by Crippen LogP contribution is -3.11. The monoisotopic (exact) mass is 259 g/mol. The smallest absolute Gasteiger partial charge is 0.0866 e. The third kappa shape index (κ3) is 5.78. The number of hydrogen-bond acceptors (Lipinski definition) is 1. The maximum Gasteiger partial charge on any atom is 0.0866 e. The lowest BCUT2D eigenvalue weighted by atomic mass is 10.2. The van der Waals surface area contributed by atoms with Crippen LogP contribution in [0.5, 0.6) is 0 Å². The molecular weight excluding hydrogens is 238 g/mol. The van der Waals surface area contributed by atoms with E-state index in [9.17, 15) is 0 Å². The molecule has 0 saturated carbocycles. The molecule has 0 radical (unpaired) electrons. The molecule has 0 saturated heterocycles. The summed E-state index contributed by atoms with van der Waals surface area (Å²) >= 11 is 1.97. The number of rotatable bonds is 6. The molecule has 0 atom stereocenters. The van der Waals surface area contributed by atoms with Crippen molar-refractivity contribution >= 4 is 11.8 Å². The fraction of sp³-hybridized carbons (Fsp3) is 0.538. The fourth-order valence-electron chi connectivity index (χ4n) is 1.55. The van der Waals surface area contributed by atoms with Crippen LogP contribution < -0.4 is 17.3 Å². The number of hydrogen-bond donors (Lipinski definition) is 1. The number of thioether (sulfide) groups is 1. The third-order valence-corrected chi connectivity index (χ3v) is 3.76. The summed E-state index contributed by atoms with van der Waals surface area (Å²) in [6.45, 7) is 10.4. The van der Waals surface area contributed by atoms with Crippen molar-refractivity contribution in [1.29, 1.82) is 0 Å². The third-order valence-electron chi connectivity index (χ3n) is 2.75. The number of aryl methyl sites for hydroxylation is 1. The van der Waals surface area contributed by atoms with Crippen molar-refractivity contribution in [2.45, 2.75) is 25.7 Å². The molecule has 16 heavy (non-hydrogen) atoms. The first-order valence-corrected chi connectivity index (χ1v) is 6.77. The number of nitrogens with one attached hydrogen (secondary N) is 1. The Morgan fingerprint density at radius 1 is 1.06 bits per heavy atom. The van der Waals surface area contributed by atoms with Crippen LogP contribution in [0, 0.1) is 6.92 Å². The molecule has 0 heterocycles. The maximum atomic E-state index is 2.26. The van der Waals surface area contributed by atoms with E-state index in [1.165, 1.54) is 35.8 Å². The quantitative estimate of drug-likeness (QED) is 0.644. The lowest BCUT2D eigenvalue weighted by Gasteiger charge is -2.14. The van der Waals surface area contributed by atoms with Gasteiger partial charge in [-0.1, -0.05) is 17.7 Å². The molecule has 92 valence electrons. The van der Waals surface area contributed by atoms with E-state index in [4.69, 9.17) is 0 Å². The standard InChI is InChI=1S/C13H21NS.ClH/c1-4-14(5-2)10-11-15-13-8-6-12(3)7-9-13;/h6-9H,4-5,10-11H2,1-3H3;1H. The van der Waals surface area contributed by atoms with Crippen LogP contribution in [0.25, 0.3) is 0 Å². The van der Waals surface area contributed by atoms with Gasteiger partial charge in [0.05, 0.1) is 19.6 Å². The Kier molecular flexibility index (Phi) is 8.81. The Hall–Kier alpha value is -0.180. The fourth-order valence-corrected chi connectivity index (χ4v) is 2.51. The van der Waals surface area contributed by atoms with E-state index < -0.39 is 0 Å². The van der Waals surface area contributed by atoms with Crippen LogP contribution >= 0.6 is 11.8 Å². The van der Waals surface area contributed by atoms with E-state index in [2.05, 4.69) is 45.0 Å². The number of benzene rings is 1. The number of quaternary nitrogens is 1. The zero-order valence-corrected chi connectivity index (χ0v) is 12.0. The van der Waals surface area contributed by atoms with Gasteiger partial charge in [0.25, 0.3) is 0 Å². The molecule has 0 amide bonds. The first-order chi connectivity index (χ1) is 7.26. The molecule has 1 rings (SSSR count). The zero-order valence-electron chi connectivity index (χ0n) is 10.4. The normalized spacial score (nSPS) is 10.2. The molecule has 0 aliphatic heterocycles. The highest BCUT2D eigenvalue weighted by atomic mass is 35.5. The lowest BCUT2D eigenvalue weighted by molar-refractivity contribution is -0.893. The van der Waals surface area contributed by atoms with Crippen LogP contribution in [-0.4, -0.2) is 25.4 Å². The van der Waals surface area contributed by atoms with Crippen molar-refractivity contribution in [2.24, 2.45) is 0 Å². The summed E-state index contributed by atoms with van der Waals surface area (Å²) in [4.78, 5) is 3.08. The highest BCUT2D eigenvalue weighted by molar-refractivity contribution is 7.99. The molecule has 0 aliphatic carbocycles. The summed E-state index contributed by atoms with van der Waals surface area (Å²) in [5.74, 6) is 1.22. The van der Waals surface area contributed by atoms with Gasteiger partial charge in [0, 0.05) is 10.6 Å². The van der Waals surface area contributed by atoms with E-state index in [0.29, 0.717) is 0 Å². The minimum atomic E-state index is 0. The minimum Gasteiger partial charge on any atom is -1.00 e. The van der Waals surface area contributed by atoms with Crippen molar-refractivity contribution in [3.8, 4) is 0 Å². The van der Waals surface area contributed by atoms with Gasteiger partial charge in [0.15, 0.2) is 0 Å². The van der Waals surface area contributed by atoms with Crippen LogP contribution in [0.4, 0.5) is 0 Å². The minimum absolute atomic E-state index is 0. The van der Waals surface area contributed by atoms with E-state index in [1.54, 1.807) is 4.90 Å². The Bertz CT molecular complexity index is 270. The molecule has 0 bridgehead atoms. The van der Waals surface area contributed by atoms with Crippen molar-refractivity contribution in [2.75, 3.05) is 25.4 Å². The predicted molar refractivity (Wildman–Crippen MR) is 68.8 cm³/mol. The van der Waals surface area contributed by atoms with Gasteiger partial charge in [-0.05, 0) is 32.9 Å².